The first-order chi connectivity index (χ1) is 17.4. The minimum absolute atomic E-state index is 0.131. The van der Waals surface area contributed by atoms with Crippen LogP contribution in [0.15, 0.2) is 60.7 Å². The first kappa shape index (κ1) is 29.0. The molecule has 8 heteroatoms. The molecule has 0 radical (unpaired) electrons. The smallest absolute Gasteiger partial charge is 0.268 e. The molecule has 0 saturated carbocycles. The third-order valence-electron chi connectivity index (χ3n) is 6.00. The van der Waals surface area contributed by atoms with Crippen molar-refractivity contribution in [2.75, 3.05) is 6.54 Å². The number of hydrazine groups is 1. The summed E-state index contributed by atoms with van der Waals surface area (Å²) in [5.41, 5.74) is 9.31. The molecule has 0 spiro atoms. The van der Waals surface area contributed by atoms with Gasteiger partial charge < -0.3 is 5.73 Å². The number of aryl methyl sites for hydroxylation is 1. The van der Waals surface area contributed by atoms with Crippen LogP contribution in [-0.4, -0.2) is 45.5 Å². The van der Waals surface area contributed by atoms with Crippen LogP contribution < -0.4 is 11.2 Å². The Morgan fingerprint density at radius 3 is 2.03 bits per heavy atom. The number of carbonyl (C=O) groups excluding carboxylic acids is 3. The number of hydrogen-bond donors (Lipinski definition) is 3. The molecule has 0 heterocycles. The highest BCUT2D eigenvalue weighted by Crippen LogP contribution is 2.21. The van der Waals surface area contributed by atoms with Gasteiger partial charge in [-0.25, -0.2) is 15.5 Å². The summed E-state index contributed by atoms with van der Waals surface area (Å²) in [6, 6.07) is 18.2. The van der Waals surface area contributed by atoms with Gasteiger partial charge >= 0.3 is 0 Å². The van der Waals surface area contributed by atoms with Gasteiger partial charge in [0.05, 0.1) is 6.54 Å². The average Bonchev–Trinajstić information content (AvgIpc) is 2.89. The molecular weight excluding hydrogens is 456 g/mol. The summed E-state index contributed by atoms with van der Waals surface area (Å²) in [5, 5.41) is 12.2. The fraction of sp³-hybridized carbons (Fsp3) is 0.464. The van der Waals surface area contributed by atoms with Crippen molar-refractivity contribution < 1.29 is 19.6 Å². The van der Waals surface area contributed by atoms with Crippen LogP contribution in [0.1, 0.15) is 63.5 Å². The van der Waals surface area contributed by atoms with E-state index in [4.69, 9.17) is 5.73 Å². The van der Waals surface area contributed by atoms with Gasteiger partial charge in [-0.2, -0.15) is 0 Å². The zero-order valence-electron chi connectivity index (χ0n) is 21.4. The van der Waals surface area contributed by atoms with Crippen molar-refractivity contribution in [3.63, 3.8) is 0 Å². The lowest BCUT2D eigenvalue weighted by Crippen LogP contribution is -2.58. The SMILES string of the molecule is CC(C)CCC(=O)N([C@@H](CCCc1ccccc1)C(=O)NO)N(Cc1ccccc1)C(=O)CCCN. The van der Waals surface area contributed by atoms with Gasteiger partial charge in [0.2, 0.25) is 11.8 Å². The Bertz CT molecular complexity index is 937. The van der Waals surface area contributed by atoms with Crippen LogP contribution >= 0.6 is 0 Å². The molecule has 4 N–H and O–H groups in total. The first-order valence-corrected chi connectivity index (χ1v) is 12.7. The van der Waals surface area contributed by atoms with Crippen LogP contribution in [0.2, 0.25) is 0 Å². The molecule has 0 unspecified atom stereocenters. The Morgan fingerprint density at radius 1 is 0.861 bits per heavy atom. The maximum absolute atomic E-state index is 13.6. The maximum atomic E-state index is 13.6. The van der Waals surface area contributed by atoms with E-state index in [1.807, 2.05) is 74.5 Å². The lowest BCUT2D eigenvalue weighted by atomic mass is 10.0. The number of carbonyl (C=O) groups is 3. The molecule has 0 fully saturated rings. The average molecular weight is 497 g/mol. The lowest BCUT2D eigenvalue weighted by molar-refractivity contribution is -0.176. The van der Waals surface area contributed by atoms with Crippen LogP contribution in [0.5, 0.6) is 0 Å². The van der Waals surface area contributed by atoms with Crippen molar-refractivity contribution in [1.29, 1.82) is 0 Å². The van der Waals surface area contributed by atoms with Crippen molar-refractivity contribution >= 4 is 17.7 Å². The predicted molar refractivity (Wildman–Crippen MR) is 139 cm³/mol. The summed E-state index contributed by atoms with van der Waals surface area (Å²) < 4.78 is 0. The van der Waals surface area contributed by atoms with Gasteiger partial charge in [-0.05, 0) is 55.7 Å². The van der Waals surface area contributed by atoms with Crippen molar-refractivity contribution in [1.82, 2.24) is 15.5 Å². The zero-order chi connectivity index (χ0) is 26.3. The molecule has 0 aliphatic carbocycles. The second-order valence-corrected chi connectivity index (χ2v) is 9.37. The second kappa shape index (κ2) is 15.7. The van der Waals surface area contributed by atoms with Gasteiger partial charge in [-0.1, -0.05) is 74.5 Å². The highest BCUT2D eigenvalue weighted by Gasteiger charge is 2.36. The van der Waals surface area contributed by atoms with Gasteiger partial charge in [0.15, 0.2) is 0 Å². The molecule has 0 bridgehead atoms. The minimum atomic E-state index is -1.04. The van der Waals surface area contributed by atoms with Crippen LogP contribution in [-0.2, 0) is 27.3 Å². The van der Waals surface area contributed by atoms with Crippen molar-refractivity contribution in [3.8, 4) is 0 Å². The molecule has 0 aromatic heterocycles. The molecule has 3 amide bonds. The number of hydroxylamine groups is 1. The van der Waals surface area contributed by atoms with E-state index in [2.05, 4.69) is 0 Å². The van der Waals surface area contributed by atoms with E-state index in [9.17, 15) is 19.6 Å². The van der Waals surface area contributed by atoms with Crippen LogP contribution in [0, 0.1) is 5.92 Å². The molecule has 2 aromatic carbocycles. The largest absolute Gasteiger partial charge is 0.330 e. The van der Waals surface area contributed by atoms with Gasteiger partial charge in [-0.3, -0.25) is 19.6 Å². The van der Waals surface area contributed by atoms with Gasteiger partial charge in [-0.15, -0.1) is 0 Å². The van der Waals surface area contributed by atoms with E-state index in [-0.39, 0.29) is 43.5 Å². The van der Waals surface area contributed by atoms with E-state index >= 15 is 0 Å². The quantitative estimate of drug-likeness (QED) is 0.272. The van der Waals surface area contributed by atoms with Crippen molar-refractivity contribution in [3.05, 3.63) is 71.8 Å². The highest BCUT2D eigenvalue weighted by atomic mass is 16.5. The second-order valence-electron chi connectivity index (χ2n) is 9.37. The Kier molecular flexibility index (Phi) is 12.6. The molecule has 36 heavy (non-hydrogen) atoms. The zero-order valence-corrected chi connectivity index (χ0v) is 21.4. The molecular formula is C28H40N4O4. The van der Waals surface area contributed by atoms with Gasteiger partial charge in [0, 0.05) is 12.8 Å². The van der Waals surface area contributed by atoms with Crippen molar-refractivity contribution in [2.45, 2.75) is 71.4 Å². The fourth-order valence-electron chi connectivity index (χ4n) is 4.01. The summed E-state index contributed by atoms with van der Waals surface area (Å²) in [5.74, 6) is -1.06. The summed E-state index contributed by atoms with van der Waals surface area (Å²) in [4.78, 5) is 39.9. The normalized spacial score (nSPS) is 11.7. The standard InChI is InChI=1S/C28H40N4O4/c1-22(2)18-19-27(34)32(25(28(35)30-36)16-9-15-23-11-5-3-6-12-23)31(26(33)17-10-20-29)21-24-13-7-4-8-14-24/h3-8,11-14,22,25,36H,9-10,15-21,29H2,1-2H3,(H,30,35)/t25-/m0/s1. The third-order valence-corrected chi connectivity index (χ3v) is 6.00. The number of amides is 3. The molecule has 8 nitrogen and oxygen atoms in total. The summed E-state index contributed by atoms with van der Waals surface area (Å²) in [6.07, 6.45) is 2.97. The third kappa shape index (κ3) is 9.43. The molecule has 0 aliphatic rings. The summed E-state index contributed by atoms with van der Waals surface area (Å²) in [7, 11) is 0. The minimum Gasteiger partial charge on any atom is -0.330 e. The van der Waals surface area contributed by atoms with E-state index in [1.54, 1.807) is 5.48 Å². The predicted octanol–water partition coefficient (Wildman–Crippen LogP) is 3.83. The first-order valence-electron chi connectivity index (χ1n) is 12.7. The van der Waals surface area contributed by atoms with E-state index in [0.717, 1.165) is 11.1 Å². The summed E-state index contributed by atoms with van der Waals surface area (Å²) >= 11 is 0. The van der Waals surface area contributed by atoms with Crippen LogP contribution in [0.3, 0.4) is 0 Å². The van der Waals surface area contributed by atoms with Gasteiger partial charge in [0.1, 0.15) is 6.04 Å². The highest BCUT2D eigenvalue weighted by molar-refractivity contribution is 5.89. The van der Waals surface area contributed by atoms with Gasteiger partial charge in [0.25, 0.3) is 5.91 Å². The number of nitrogens with two attached hydrogens (primary N) is 1. The van der Waals surface area contributed by atoms with E-state index < -0.39 is 11.9 Å². The molecule has 1 atom stereocenters. The van der Waals surface area contributed by atoms with Crippen LogP contribution in [0.4, 0.5) is 0 Å². The van der Waals surface area contributed by atoms with E-state index in [1.165, 1.54) is 10.0 Å². The number of nitrogens with zero attached hydrogens (tertiary/aromatic N) is 2. The Labute approximate surface area is 214 Å². The molecule has 2 rings (SSSR count). The topological polar surface area (TPSA) is 116 Å². The fourth-order valence-corrected chi connectivity index (χ4v) is 4.01. The Morgan fingerprint density at radius 2 is 1.47 bits per heavy atom. The maximum Gasteiger partial charge on any atom is 0.268 e. The summed E-state index contributed by atoms with van der Waals surface area (Å²) in [6.45, 7) is 4.50. The number of hydrogen-bond acceptors (Lipinski definition) is 5. The number of benzene rings is 2. The van der Waals surface area contributed by atoms with Crippen molar-refractivity contribution in [2.24, 2.45) is 11.7 Å². The number of rotatable bonds is 14. The Balaban J connectivity index is 2.40. The monoisotopic (exact) mass is 496 g/mol. The molecule has 0 aliphatic heterocycles. The Hall–Kier alpha value is -3.23. The van der Waals surface area contributed by atoms with Crippen LogP contribution in [0.25, 0.3) is 0 Å². The number of nitrogens with one attached hydrogen (secondary N) is 1. The molecule has 0 saturated heterocycles. The molecule has 2 aromatic rings. The lowest BCUT2D eigenvalue weighted by Gasteiger charge is -2.40. The van der Waals surface area contributed by atoms with E-state index in [0.29, 0.717) is 32.2 Å². The molecule has 196 valence electrons.